The van der Waals surface area contributed by atoms with Crippen molar-refractivity contribution in [3.8, 4) is 22.5 Å². The Morgan fingerprint density at radius 2 is 1.74 bits per heavy atom. The predicted molar refractivity (Wildman–Crippen MR) is 103 cm³/mol. The molecule has 3 N–H and O–H groups in total. The van der Waals surface area contributed by atoms with Gasteiger partial charge < -0.3 is 5.11 Å². The van der Waals surface area contributed by atoms with Crippen molar-refractivity contribution in [2.75, 3.05) is 4.72 Å². The molecule has 0 fully saturated rings. The molecule has 1 aliphatic rings. The molecule has 8 heteroatoms. The molecular weight excluding hydrogens is 366 g/mol. The smallest absolute Gasteiger partial charge is 0.335 e. The van der Waals surface area contributed by atoms with Crippen LogP contribution in [0.25, 0.3) is 44.3 Å². The van der Waals surface area contributed by atoms with Gasteiger partial charge in [0.15, 0.2) is 0 Å². The van der Waals surface area contributed by atoms with Gasteiger partial charge in [0.2, 0.25) is 0 Å². The van der Waals surface area contributed by atoms with Gasteiger partial charge in [-0.15, -0.1) is 0 Å². The van der Waals surface area contributed by atoms with Crippen LogP contribution >= 0.6 is 0 Å². The van der Waals surface area contributed by atoms with Crippen molar-refractivity contribution >= 4 is 44.7 Å². The number of nitrogens with zero attached hydrogens (tertiary/aromatic N) is 2. The highest BCUT2D eigenvalue weighted by atomic mass is 32.2. The number of aromatic carboxylic acids is 1. The quantitative estimate of drug-likeness (QED) is 0.414. The number of benzene rings is 3. The molecule has 3 aromatic carbocycles. The number of nitrogens with one attached hydrogen (secondary N) is 1. The normalized spacial score (nSPS) is 12.9. The molecule has 27 heavy (non-hydrogen) atoms. The average Bonchev–Trinajstić information content (AvgIpc) is 2.94. The van der Waals surface area contributed by atoms with Crippen molar-refractivity contribution in [3.05, 3.63) is 54.1 Å². The lowest BCUT2D eigenvalue weighted by molar-refractivity contribution is 0.0697. The van der Waals surface area contributed by atoms with Crippen LogP contribution in [0.2, 0.25) is 0 Å². The van der Waals surface area contributed by atoms with Gasteiger partial charge >= 0.3 is 5.97 Å². The third-order valence-corrected chi connectivity index (χ3v) is 5.01. The van der Waals surface area contributed by atoms with Crippen molar-refractivity contribution in [3.63, 3.8) is 0 Å². The minimum absolute atomic E-state index is 0.155. The van der Waals surface area contributed by atoms with Crippen LogP contribution in [0.1, 0.15) is 10.4 Å². The first kappa shape index (κ1) is 15.9. The maximum atomic E-state index is 11.2. The van der Waals surface area contributed by atoms with E-state index in [9.17, 15) is 14.1 Å². The van der Waals surface area contributed by atoms with E-state index in [-0.39, 0.29) is 5.56 Å². The summed E-state index contributed by atoms with van der Waals surface area (Å²) < 4.78 is 22.8. The van der Waals surface area contributed by atoms with Crippen LogP contribution in [-0.2, 0) is 11.3 Å². The molecule has 0 radical (unpaired) electrons. The Morgan fingerprint density at radius 1 is 0.963 bits per heavy atom. The second kappa shape index (κ2) is 5.57. The van der Waals surface area contributed by atoms with Crippen molar-refractivity contribution in [2.24, 2.45) is 0 Å². The monoisotopic (exact) mass is 377 g/mol. The van der Waals surface area contributed by atoms with Crippen LogP contribution in [-0.4, -0.2) is 29.8 Å². The highest BCUT2D eigenvalue weighted by Crippen LogP contribution is 2.47. The third kappa shape index (κ3) is 2.38. The fraction of sp³-hybridized carbons (Fsp3) is 0. The minimum Gasteiger partial charge on any atom is -0.478 e. The fourth-order valence-electron chi connectivity index (χ4n) is 3.53. The maximum absolute atomic E-state index is 11.2. The first-order valence-corrected chi connectivity index (χ1v) is 9.12. The van der Waals surface area contributed by atoms with E-state index in [1.807, 2.05) is 18.2 Å². The van der Waals surface area contributed by atoms with Gasteiger partial charge in [-0.1, -0.05) is 18.2 Å². The summed E-state index contributed by atoms with van der Waals surface area (Å²) in [5.74, 6) is -1.02. The lowest BCUT2D eigenvalue weighted by Crippen LogP contribution is -2.01. The number of anilines is 1. The summed E-state index contributed by atoms with van der Waals surface area (Å²) in [6, 6.07) is 14.0. The van der Waals surface area contributed by atoms with E-state index >= 15 is 0 Å². The molecule has 0 saturated carbocycles. The number of hydrogen-bond donors (Lipinski definition) is 3. The zero-order valence-corrected chi connectivity index (χ0v) is 14.4. The molecule has 7 nitrogen and oxygen atoms in total. The summed E-state index contributed by atoms with van der Waals surface area (Å²) in [5, 5.41) is 11.1. The molecule has 1 atom stereocenters. The summed E-state index contributed by atoms with van der Waals surface area (Å²) in [7, 11) is 0. The number of rotatable bonds is 3. The number of aromatic nitrogens is 2. The summed E-state index contributed by atoms with van der Waals surface area (Å²) in [4.78, 5) is 20.6. The van der Waals surface area contributed by atoms with E-state index in [1.165, 1.54) is 12.1 Å². The highest BCUT2D eigenvalue weighted by Gasteiger charge is 2.25. The predicted octanol–water partition coefficient (Wildman–Crippen LogP) is 3.68. The van der Waals surface area contributed by atoms with Crippen molar-refractivity contribution in [1.82, 2.24) is 9.97 Å². The Bertz CT molecular complexity index is 1320. The largest absolute Gasteiger partial charge is 0.478 e. The van der Waals surface area contributed by atoms with Gasteiger partial charge in [0, 0.05) is 22.2 Å². The maximum Gasteiger partial charge on any atom is 0.335 e. The fourth-order valence-corrected chi connectivity index (χ4v) is 3.85. The summed E-state index contributed by atoms with van der Waals surface area (Å²) in [5.41, 5.74) is 4.83. The molecule has 1 aromatic heterocycles. The van der Waals surface area contributed by atoms with Crippen molar-refractivity contribution in [1.29, 1.82) is 0 Å². The number of carboxylic acid groups (broad SMARTS) is 1. The van der Waals surface area contributed by atoms with E-state index in [0.29, 0.717) is 28.1 Å². The SMILES string of the molecule is O=C(O)c1ccc2nc3c(nc2c1)-c1cccc2cc(NS(=O)O)cc-3c12. The van der Waals surface area contributed by atoms with Gasteiger partial charge in [0.1, 0.15) is 0 Å². The lowest BCUT2D eigenvalue weighted by atomic mass is 10.0. The molecule has 5 rings (SSSR count). The molecule has 4 aromatic rings. The summed E-state index contributed by atoms with van der Waals surface area (Å²) in [6.45, 7) is 0. The molecule has 0 aliphatic heterocycles. The zero-order valence-electron chi connectivity index (χ0n) is 13.6. The van der Waals surface area contributed by atoms with Crippen LogP contribution in [0.5, 0.6) is 0 Å². The highest BCUT2D eigenvalue weighted by molar-refractivity contribution is 7.80. The zero-order chi connectivity index (χ0) is 18.7. The molecule has 0 spiro atoms. The first-order chi connectivity index (χ1) is 13.0. The average molecular weight is 377 g/mol. The molecular formula is C19H11N3O4S. The standard InChI is InChI=1S/C19H11N3O4S/c23-19(24)10-4-5-14-15(7-10)21-17-12-3-1-2-9-6-11(22-27(25)26)8-13(16(9)12)18(17)20-14/h1-8,22H,(H,23,24)(H,25,26). The van der Waals surface area contributed by atoms with Gasteiger partial charge in [-0.05, 0) is 35.7 Å². The van der Waals surface area contributed by atoms with Gasteiger partial charge in [0.25, 0.3) is 11.3 Å². The van der Waals surface area contributed by atoms with Crippen LogP contribution in [0.4, 0.5) is 5.69 Å². The van der Waals surface area contributed by atoms with Gasteiger partial charge in [-0.3, -0.25) is 9.27 Å². The van der Waals surface area contributed by atoms with Gasteiger partial charge in [-0.2, -0.15) is 0 Å². The van der Waals surface area contributed by atoms with E-state index in [0.717, 1.165) is 21.9 Å². The van der Waals surface area contributed by atoms with Crippen LogP contribution in [0, 0.1) is 0 Å². The lowest BCUT2D eigenvalue weighted by Gasteiger charge is -2.07. The molecule has 0 amide bonds. The van der Waals surface area contributed by atoms with E-state index < -0.39 is 17.2 Å². The van der Waals surface area contributed by atoms with Crippen LogP contribution < -0.4 is 4.72 Å². The topological polar surface area (TPSA) is 112 Å². The molecule has 1 aliphatic carbocycles. The first-order valence-electron chi connectivity index (χ1n) is 8.01. The van der Waals surface area contributed by atoms with E-state index in [4.69, 9.17) is 9.54 Å². The second-order valence-corrected chi connectivity index (χ2v) is 6.91. The summed E-state index contributed by atoms with van der Waals surface area (Å²) >= 11 is -2.18. The molecule has 1 unspecified atom stereocenters. The summed E-state index contributed by atoms with van der Waals surface area (Å²) in [6.07, 6.45) is 0. The molecule has 132 valence electrons. The Labute approximate surface area is 155 Å². The Balaban J connectivity index is 1.82. The van der Waals surface area contributed by atoms with Crippen molar-refractivity contribution in [2.45, 2.75) is 0 Å². The van der Waals surface area contributed by atoms with E-state index in [1.54, 1.807) is 18.2 Å². The Hall–Kier alpha value is -3.36. The van der Waals surface area contributed by atoms with Crippen LogP contribution in [0.3, 0.4) is 0 Å². The Morgan fingerprint density at radius 3 is 2.52 bits per heavy atom. The van der Waals surface area contributed by atoms with E-state index in [2.05, 4.69) is 9.71 Å². The molecule has 0 bridgehead atoms. The number of fused-ring (bicyclic) bond motifs is 4. The second-order valence-electron chi connectivity index (χ2n) is 6.21. The number of carboxylic acids is 1. The molecule has 1 heterocycles. The van der Waals surface area contributed by atoms with Gasteiger partial charge in [-0.25, -0.2) is 19.0 Å². The van der Waals surface area contributed by atoms with Gasteiger partial charge in [0.05, 0.1) is 28.0 Å². The third-order valence-electron chi connectivity index (χ3n) is 4.60. The van der Waals surface area contributed by atoms with Crippen molar-refractivity contribution < 1.29 is 18.7 Å². The number of carbonyl (C=O) groups is 1. The Kier molecular flexibility index (Phi) is 3.27. The van der Waals surface area contributed by atoms with Crippen LogP contribution in [0.15, 0.2) is 48.5 Å². The minimum atomic E-state index is -2.18. The number of hydrogen-bond acceptors (Lipinski definition) is 4. The molecule has 0 saturated heterocycles.